The van der Waals surface area contributed by atoms with Gasteiger partial charge in [0.15, 0.2) is 0 Å². The van der Waals surface area contributed by atoms with E-state index in [0.717, 1.165) is 12.2 Å². The Labute approximate surface area is 68.0 Å². The average molecular weight is 149 g/mol. The molecule has 0 bridgehead atoms. The van der Waals surface area contributed by atoms with Gasteiger partial charge in [0.05, 0.1) is 6.61 Å². The molecule has 0 fully saturated rings. The van der Waals surface area contributed by atoms with Crippen molar-refractivity contribution >= 4 is 0 Å². The summed E-state index contributed by atoms with van der Waals surface area (Å²) in [4.78, 5) is 0. The molecule has 0 saturated carbocycles. The average Bonchev–Trinajstić information content (AvgIpc) is 2.01. The van der Waals surface area contributed by atoms with Crippen LogP contribution in [0.2, 0.25) is 0 Å². The Morgan fingerprint density at radius 3 is 2.91 bits per heavy atom. The fraction of sp³-hybridized carbons (Fsp3) is 0.300. The van der Waals surface area contributed by atoms with E-state index in [1.807, 2.05) is 18.2 Å². The molecule has 0 aromatic heterocycles. The third kappa shape index (κ3) is 2.62. The minimum absolute atomic E-state index is 0.698. The van der Waals surface area contributed by atoms with Crippen LogP contribution in [0.4, 0.5) is 0 Å². The summed E-state index contributed by atoms with van der Waals surface area (Å²) in [5, 5.41) is 0. The van der Waals surface area contributed by atoms with Gasteiger partial charge in [0, 0.05) is 0 Å². The molecule has 1 radical (unpaired) electrons. The van der Waals surface area contributed by atoms with Crippen LogP contribution in [-0.4, -0.2) is 6.61 Å². The van der Waals surface area contributed by atoms with Crippen molar-refractivity contribution in [3.8, 4) is 5.75 Å². The van der Waals surface area contributed by atoms with Gasteiger partial charge in [-0.05, 0) is 38.0 Å². The van der Waals surface area contributed by atoms with E-state index < -0.39 is 0 Å². The molecule has 1 nitrogen and oxygen atoms in total. The molecule has 0 aliphatic carbocycles. The number of rotatable bonds is 3. The van der Waals surface area contributed by atoms with E-state index in [4.69, 9.17) is 4.74 Å². The number of hydrogen-bond acceptors (Lipinski definition) is 1. The molecule has 0 unspecified atom stereocenters. The first-order valence-corrected chi connectivity index (χ1v) is 3.81. The molecule has 1 aromatic rings. The summed E-state index contributed by atoms with van der Waals surface area (Å²) in [6.45, 7) is 6.45. The Morgan fingerprint density at radius 1 is 1.45 bits per heavy atom. The molecule has 0 amide bonds. The molecule has 59 valence electrons. The number of aryl methyl sites for hydroxylation is 1. The lowest BCUT2D eigenvalue weighted by atomic mass is 10.2. The molecular weight excluding hydrogens is 136 g/mol. The van der Waals surface area contributed by atoms with E-state index >= 15 is 0 Å². The molecule has 0 atom stereocenters. The van der Waals surface area contributed by atoms with E-state index in [2.05, 4.69) is 19.9 Å². The van der Waals surface area contributed by atoms with Gasteiger partial charge in [-0.25, -0.2) is 0 Å². The van der Waals surface area contributed by atoms with Crippen molar-refractivity contribution < 1.29 is 4.74 Å². The second-order valence-electron chi connectivity index (χ2n) is 2.52. The monoisotopic (exact) mass is 149 g/mol. The van der Waals surface area contributed by atoms with Crippen LogP contribution in [-0.2, 0) is 0 Å². The third-order valence-corrected chi connectivity index (χ3v) is 1.40. The highest BCUT2D eigenvalue weighted by Gasteiger charge is 1.90. The van der Waals surface area contributed by atoms with Gasteiger partial charge in [-0.3, -0.25) is 0 Å². The molecule has 1 heteroatoms. The first kappa shape index (κ1) is 8.12. The number of benzene rings is 1. The highest BCUT2D eigenvalue weighted by Crippen LogP contribution is 2.11. The predicted molar refractivity (Wildman–Crippen MR) is 46.6 cm³/mol. The Hall–Kier alpha value is -0.980. The zero-order valence-electron chi connectivity index (χ0n) is 6.84. The quantitative estimate of drug-likeness (QED) is 0.641. The van der Waals surface area contributed by atoms with Crippen molar-refractivity contribution in [1.82, 2.24) is 0 Å². The summed E-state index contributed by atoms with van der Waals surface area (Å²) in [6, 6.07) is 8.03. The van der Waals surface area contributed by atoms with E-state index in [9.17, 15) is 0 Å². The van der Waals surface area contributed by atoms with Crippen LogP contribution in [0.1, 0.15) is 12.0 Å². The molecule has 0 aliphatic heterocycles. The molecule has 0 N–H and O–H groups in total. The second kappa shape index (κ2) is 4.02. The molecule has 0 spiro atoms. The summed E-state index contributed by atoms with van der Waals surface area (Å²) in [5.74, 6) is 0.939. The first-order valence-electron chi connectivity index (χ1n) is 3.81. The minimum atomic E-state index is 0.698. The maximum absolute atomic E-state index is 5.37. The van der Waals surface area contributed by atoms with Crippen LogP contribution in [0.25, 0.3) is 0 Å². The summed E-state index contributed by atoms with van der Waals surface area (Å²) in [6.07, 6.45) is 0.813. The fourth-order valence-corrected chi connectivity index (χ4v) is 0.895. The Morgan fingerprint density at radius 2 is 2.27 bits per heavy atom. The molecule has 0 aliphatic rings. The zero-order valence-corrected chi connectivity index (χ0v) is 6.84. The van der Waals surface area contributed by atoms with Crippen molar-refractivity contribution in [2.24, 2.45) is 0 Å². The van der Waals surface area contributed by atoms with E-state index in [1.165, 1.54) is 5.56 Å². The van der Waals surface area contributed by atoms with E-state index in [0.29, 0.717) is 6.61 Å². The highest BCUT2D eigenvalue weighted by molar-refractivity contribution is 5.27. The van der Waals surface area contributed by atoms with Gasteiger partial charge in [0.25, 0.3) is 0 Å². The lowest BCUT2D eigenvalue weighted by Gasteiger charge is -2.03. The van der Waals surface area contributed by atoms with Crippen LogP contribution in [0.3, 0.4) is 0 Å². The normalized spacial score (nSPS) is 9.64. The van der Waals surface area contributed by atoms with Crippen LogP contribution in [0.15, 0.2) is 24.3 Å². The Bertz CT molecular complexity index is 218. The van der Waals surface area contributed by atoms with Gasteiger partial charge >= 0.3 is 0 Å². The topological polar surface area (TPSA) is 9.23 Å². The molecule has 0 saturated heterocycles. The summed E-state index contributed by atoms with van der Waals surface area (Å²) < 4.78 is 5.37. The van der Waals surface area contributed by atoms with Crippen LogP contribution in [0.5, 0.6) is 5.75 Å². The number of hydrogen-bond donors (Lipinski definition) is 0. The number of ether oxygens (including phenoxy) is 1. The van der Waals surface area contributed by atoms with Crippen LogP contribution < -0.4 is 4.74 Å². The van der Waals surface area contributed by atoms with Gasteiger partial charge in [0.2, 0.25) is 0 Å². The predicted octanol–water partition coefficient (Wildman–Crippen LogP) is 2.60. The second-order valence-corrected chi connectivity index (χ2v) is 2.52. The SMILES string of the molecule is [CH2]CCOc1cccc(C)c1. The van der Waals surface area contributed by atoms with Crippen molar-refractivity contribution in [1.29, 1.82) is 0 Å². The smallest absolute Gasteiger partial charge is 0.119 e. The summed E-state index contributed by atoms with van der Waals surface area (Å²) >= 11 is 0. The zero-order chi connectivity index (χ0) is 8.10. The maximum Gasteiger partial charge on any atom is 0.119 e. The highest BCUT2D eigenvalue weighted by atomic mass is 16.5. The standard InChI is InChI=1S/C10H13O/c1-3-7-11-10-6-4-5-9(2)8-10/h4-6,8H,1,3,7H2,2H3. The molecular formula is C10H13O. The Kier molecular flexibility index (Phi) is 2.96. The summed E-state index contributed by atoms with van der Waals surface area (Å²) in [5.41, 5.74) is 1.23. The van der Waals surface area contributed by atoms with Gasteiger partial charge in [-0.1, -0.05) is 12.1 Å². The van der Waals surface area contributed by atoms with Crippen molar-refractivity contribution in [3.63, 3.8) is 0 Å². The lowest BCUT2D eigenvalue weighted by Crippen LogP contribution is -1.94. The largest absolute Gasteiger partial charge is 0.494 e. The van der Waals surface area contributed by atoms with Crippen molar-refractivity contribution in [3.05, 3.63) is 36.8 Å². The van der Waals surface area contributed by atoms with Gasteiger partial charge in [-0.2, -0.15) is 0 Å². The van der Waals surface area contributed by atoms with Gasteiger partial charge in [0.1, 0.15) is 5.75 Å². The third-order valence-electron chi connectivity index (χ3n) is 1.40. The maximum atomic E-state index is 5.37. The van der Waals surface area contributed by atoms with Crippen molar-refractivity contribution in [2.75, 3.05) is 6.61 Å². The van der Waals surface area contributed by atoms with Crippen LogP contribution in [0, 0.1) is 13.8 Å². The van der Waals surface area contributed by atoms with Crippen LogP contribution >= 0.6 is 0 Å². The first-order chi connectivity index (χ1) is 5.33. The molecule has 1 aromatic carbocycles. The molecule has 11 heavy (non-hydrogen) atoms. The Balaban J connectivity index is 2.56. The lowest BCUT2D eigenvalue weighted by molar-refractivity contribution is 0.324. The summed E-state index contributed by atoms with van der Waals surface area (Å²) in [7, 11) is 0. The van der Waals surface area contributed by atoms with E-state index in [-0.39, 0.29) is 0 Å². The molecule has 0 heterocycles. The van der Waals surface area contributed by atoms with Gasteiger partial charge < -0.3 is 4.74 Å². The van der Waals surface area contributed by atoms with Crippen molar-refractivity contribution in [2.45, 2.75) is 13.3 Å². The fourth-order valence-electron chi connectivity index (χ4n) is 0.895. The molecule has 1 rings (SSSR count). The van der Waals surface area contributed by atoms with E-state index in [1.54, 1.807) is 0 Å². The van der Waals surface area contributed by atoms with Gasteiger partial charge in [-0.15, -0.1) is 0 Å². The minimum Gasteiger partial charge on any atom is -0.494 e.